The minimum atomic E-state index is -1.45. The van der Waals surface area contributed by atoms with Crippen molar-refractivity contribution < 1.29 is 29.6 Å². The molecule has 1 aliphatic rings. The molecule has 0 saturated carbocycles. The fourth-order valence-electron chi connectivity index (χ4n) is 2.18. The van der Waals surface area contributed by atoms with Gasteiger partial charge in [-0.25, -0.2) is 9.59 Å². The SMILES string of the molecule is COC(=O)/C=C/n1cc(C2OC(CO)C(O)C2O)c(=O)[nH]c1=O. The number of nitrogens with one attached hydrogen (secondary N) is 1. The van der Waals surface area contributed by atoms with E-state index >= 15 is 0 Å². The van der Waals surface area contributed by atoms with E-state index in [1.807, 2.05) is 4.98 Å². The summed E-state index contributed by atoms with van der Waals surface area (Å²) in [6, 6.07) is 0. The molecule has 1 aromatic rings. The molecular formula is C13H16N2O8. The van der Waals surface area contributed by atoms with E-state index in [4.69, 9.17) is 9.84 Å². The molecule has 23 heavy (non-hydrogen) atoms. The molecule has 10 nitrogen and oxygen atoms in total. The van der Waals surface area contributed by atoms with Crippen LogP contribution in [-0.2, 0) is 14.3 Å². The molecule has 2 rings (SSSR count). The topological polar surface area (TPSA) is 151 Å². The zero-order valence-electron chi connectivity index (χ0n) is 12.1. The highest BCUT2D eigenvalue weighted by molar-refractivity contribution is 5.84. The van der Waals surface area contributed by atoms with Gasteiger partial charge >= 0.3 is 11.7 Å². The quantitative estimate of drug-likeness (QED) is 0.345. The highest BCUT2D eigenvalue weighted by Gasteiger charge is 2.44. The molecule has 2 heterocycles. The molecule has 0 spiro atoms. The van der Waals surface area contributed by atoms with E-state index < -0.39 is 48.2 Å². The summed E-state index contributed by atoms with van der Waals surface area (Å²) in [4.78, 5) is 36.7. The molecule has 10 heteroatoms. The summed E-state index contributed by atoms with van der Waals surface area (Å²) in [7, 11) is 1.16. The number of aromatic nitrogens is 2. The number of hydrogen-bond donors (Lipinski definition) is 4. The van der Waals surface area contributed by atoms with Crippen LogP contribution in [0.25, 0.3) is 6.20 Å². The standard InChI is InChI=1S/C13H16N2O8/c1-22-8(17)2-3-15-4-6(12(20)14-13(15)21)11-10(19)9(18)7(5-16)23-11/h2-4,7,9-11,16,18-19H,5H2,1H3,(H,14,20,21)/b3-2+. The minimum Gasteiger partial charge on any atom is -0.466 e. The van der Waals surface area contributed by atoms with Gasteiger partial charge in [-0.05, 0) is 0 Å². The van der Waals surface area contributed by atoms with Gasteiger partial charge in [0.15, 0.2) is 0 Å². The molecule has 0 radical (unpaired) electrons. The number of carbonyl (C=O) groups excluding carboxylic acids is 1. The Labute approximate surface area is 129 Å². The van der Waals surface area contributed by atoms with Crippen LogP contribution in [0.2, 0.25) is 0 Å². The minimum absolute atomic E-state index is 0.137. The van der Waals surface area contributed by atoms with E-state index in [0.717, 1.165) is 30.1 Å². The van der Waals surface area contributed by atoms with Gasteiger partial charge in [-0.15, -0.1) is 0 Å². The molecule has 0 aromatic carbocycles. The zero-order valence-corrected chi connectivity index (χ0v) is 12.1. The maximum absolute atomic E-state index is 11.9. The fourth-order valence-corrected chi connectivity index (χ4v) is 2.18. The molecule has 0 aliphatic carbocycles. The van der Waals surface area contributed by atoms with Crippen LogP contribution in [0.5, 0.6) is 0 Å². The second kappa shape index (κ2) is 6.87. The molecule has 4 atom stereocenters. The van der Waals surface area contributed by atoms with Gasteiger partial charge in [0, 0.05) is 18.5 Å². The van der Waals surface area contributed by atoms with E-state index in [9.17, 15) is 24.6 Å². The third-order valence-electron chi connectivity index (χ3n) is 3.42. The van der Waals surface area contributed by atoms with Gasteiger partial charge in [-0.1, -0.05) is 0 Å². The van der Waals surface area contributed by atoms with Crippen molar-refractivity contribution >= 4 is 12.2 Å². The number of nitrogens with zero attached hydrogens (tertiary/aromatic N) is 1. The Hall–Kier alpha value is -2.27. The molecule has 4 unspecified atom stereocenters. The summed E-state index contributed by atoms with van der Waals surface area (Å²) in [6.07, 6.45) is -2.03. The first-order valence-corrected chi connectivity index (χ1v) is 6.63. The molecule has 4 N–H and O–H groups in total. The number of aliphatic hydroxyl groups is 3. The molecular weight excluding hydrogens is 312 g/mol. The van der Waals surface area contributed by atoms with Gasteiger partial charge in [-0.2, -0.15) is 0 Å². The first kappa shape index (κ1) is 17.1. The van der Waals surface area contributed by atoms with Crippen molar-refractivity contribution in [3.63, 3.8) is 0 Å². The third kappa shape index (κ3) is 3.40. The number of esters is 1. The van der Waals surface area contributed by atoms with Crippen LogP contribution in [0, 0.1) is 0 Å². The molecule has 126 valence electrons. The first-order valence-electron chi connectivity index (χ1n) is 6.63. The lowest BCUT2D eigenvalue weighted by Gasteiger charge is -2.14. The van der Waals surface area contributed by atoms with Crippen LogP contribution >= 0.6 is 0 Å². The van der Waals surface area contributed by atoms with Crippen molar-refractivity contribution in [3.05, 3.63) is 38.7 Å². The Morgan fingerprint density at radius 2 is 2.13 bits per heavy atom. The van der Waals surface area contributed by atoms with Crippen LogP contribution in [0.1, 0.15) is 11.7 Å². The van der Waals surface area contributed by atoms with Crippen molar-refractivity contribution in [2.75, 3.05) is 13.7 Å². The largest absolute Gasteiger partial charge is 0.466 e. The predicted octanol–water partition coefficient (Wildman–Crippen LogP) is -2.67. The second-order valence-electron chi connectivity index (χ2n) is 4.85. The van der Waals surface area contributed by atoms with Gasteiger partial charge in [-0.3, -0.25) is 14.3 Å². The summed E-state index contributed by atoms with van der Waals surface area (Å²) >= 11 is 0. The van der Waals surface area contributed by atoms with E-state index in [1.54, 1.807) is 0 Å². The fraction of sp³-hybridized carbons (Fsp3) is 0.462. The lowest BCUT2D eigenvalue weighted by molar-refractivity contribution is -0.134. The Kier molecular flexibility index (Phi) is 5.11. The number of rotatable bonds is 4. The molecule has 1 saturated heterocycles. The number of aromatic amines is 1. The number of hydrogen-bond acceptors (Lipinski definition) is 8. The normalized spacial score (nSPS) is 27.5. The van der Waals surface area contributed by atoms with Crippen molar-refractivity contribution in [2.24, 2.45) is 0 Å². The summed E-state index contributed by atoms with van der Waals surface area (Å²) in [6.45, 7) is -0.547. The average molecular weight is 328 g/mol. The van der Waals surface area contributed by atoms with Crippen molar-refractivity contribution in [2.45, 2.75) is 24.4 Å². The molecule has 1 aromatic heterocycles. The van der Waals surface area contributed by atoms with Gasteiger partial charge in [0.05, 0.1) is 19.3 Å². The molecule has 0 amide bonds. The average Bonchev–Trinajstić information content (AvgIpc) is 2.81. The maximum atomic E-state index is 11.9. The highest BCUT2D eigenvalue weighted by atomic mass is 16.6. The zero-order chi connectivity index (χ0) is 17.1. The van der Waals surface area contributed by atoms with Gasteiger partial charge < -0.3 is 24.8 Å². The molecule has 0 bridgehead atoms. The molecule has 1 fully saturated rings. The van der Waals surface area contributed by atoms with Crippen LogP contribution < -0.4 is 11.2 Å². The monoisotopic (exact) mass is 328 g/mol. The van der Waals surface area contributed by atoms with E-state index in [1.165, 1.54) is 0 Å². The summed E-state index contributed by atoms with van der Waals surface area (Å²) in [5, 5.41) is 28.7. The Balaban J connectivity index is 2.40. The first-order chi connectivity index (χ1) is 10.9. The lowest BCUT2D eigenvalue weighted by Crippen LogP contribution is -2.35. The van der Waals surface area contributed by atoms with Gasteiger partial charge in [0.2, 0.25) is 0 Å². The van der Waals surface area contributed by atoms with Crippen molar-refractivity contribution in [1.29, 1.82) is 0 Å². The van der Waals surface area contributed by atoms with Crippen molar-refractivity contribution in [3.8, 4) is 0 Å². The van der Waals surface area contributed by atoms with E-state index in [2.05, 4.69) is 4.74 Å². The number of methoxy groups -OCH3 is 1. The maximum Gasteiger partial charge on any atom is 0.332 e. The smallest absolute Gasteiger partial charge is 0.332 e. The number of aliphatic hydroxyl groups excluding tert-OH is 3. The van der Waals surface area contributed by atoms with Crippen LogP contribution in [0.15, 0.2) is 21.9 Å². The summed E-state index contributed by atoms with van der Waals surface area (Å²) in [5.41, 5.74) is -1.76. The highest BCUT2D eigenvalue weighted by Crippen LogP contribution is 2.31. The van der Waals surface area contributed by atoms with Crippen molar-refractivity contribution in [1.82, 2.24) is 9.55 Å². The van der Waals surface area contributed by atoms with Gasteiger partial charge in [0.1, 0.15) is 24.4 Å². The van der Waals surface area contributed by atoms with E-state index in [0.29, 0.717) is 0 Å². The second-order valence-corrected chi connectivity index (χ2v) is 4.85. The van der Waals surface area contributed by atoms with Gasteiger partial charge in [0.25, 0.3) is 5.56 Å². The lowest BCUT2D eigenvalue weighted by atomic mass is 10.0. The number of ether oxygens (including phenoxy) is 2. The van der Waals surface area contributed by atoms with Crippen LogP contribution in [-0.4, -0.2) is 62.9 Å². The predicted molar refractivity (Wildman–Crippen MR) is 75.4 cm³/mol. The summed E-state index contributed by atoms with van der Waals surface area (Å²) < 4.78 is 10.5. The van der Waals surface area contributed by atoms with Crippen LogP contribution in [0.4, 0.5) is 0 Å². The Morgan fingerprint density at radius 3 is 2.70 bits per heavy atom. The van der Waals surface area contributed by atoms with E-state index in [-0.39, 0.29) is 5.56 Å². The Bertz CT molecular complexity index is 721. The molecule has 1 aliphatic heterocycles. The Morgan fingerprint density at radius 1 is 1.43 bits per heavy atom. The summed E-state index contributed by atoms with van der Waals surface area (Å²) in [5.74, 6) is -0.711. The number of H-pyrrole nitrogens is 1. The third-order valence-corrected chi connectivity index (χ3v) is 3.42. The number of carbonyl (C=O) groups is 1. The van der Waals surface area contributed by atoms with Crippen LogP contribution in [0.3, 0.4) is 0 Å².